The lowest BCUT2D eigenvalue weighted by Crippen LogP contribution is -2.35. The summed E-state index contributed by atoms with van der Waals surface area (Å²) in [6.07, 6.45) is -1.03. The van der Waals surface area contributed by atoms with Crippen molar-refractivity contribution in [2.45, 2.75) is 26.5 Å². The van der Waals surface area contributed by atoms with Crippen molar-refractivity contribution >= 4 is 11.9 Å². The molecule has 0 aliphatic rings. The van der Waals surface area contributed by atoms with Gasteiger partial charge in [-0.05, 0) is 49.2 Å². The summed E-state index contributed by atoms with van der Waals surface area (Å²) in [6.45, 7) is 3.40. The summed E-state index contributed by atoms with van der Waals surface area (Å²) in [4.78, 5) is 24.0. The fourth-order valence-corrected chi connectivity index (χ4v) is 2.03. The molecule has 0 aromatic heterocycles. The SMILES string of the molecule is Cc1ccc(C(=O)OC(C)C(=O)NCc2ccc(F)cc2)c(O)c1. The first-order valence-electron chi connectivity index (χ1n) is 7.39. The first kappa shape index (κ1) is 17.5. The van der Waals surface area contributed by atoms with Gasteiger partial charge in [-0.3, -0.25) is 4.79 Å². The molecule has 0 aliphatic heterocycles. The van der Waals surface area contributed by atoms with E-state index in [1.165, 1.54) is 31.2 Å². The molecule has 0 spiro atoms. The normalized spacial score (nSPS) is 11.6. The van der Waals surface area contributed by atoms with Crippen molar-refractivity contribution in [3.8, 4) is 5.75 Å². The van der Waals surface area contributed by atoms with Crippen LogP contribution in [0.15, 0.2) is 42.5 Å². The molecule has 1 unspecified atom stereocenters. The lowest BCUT2D eigenvalue weighted by Gasteiger charge is -2.14. The number of carbonyl (C=O) groups excluding carboxylic acids is 2. The highest BCUT2D eigenvalue weighted by molar-refractivity contribution is 5.94. The predicted octanol–water partition coefficient (Wildman–Crippen LogP) is 2.70. The predicted molar refractivity (Wildman–Crippen MR) is 86.0 cm³/mol. The van der Waals surface area contributed by atoms with Crippen LogP contribution in [0.25, 0.3) is 0 Å². The molecule has 2 aromatic carbocycles. The van der Waals surface area contributed by atoms with Gasteiger partial charge in [0.2, 0.25) is 0 Å². The highest BCUT2D eigenvalue weighted by Crippen LogP contribution is 2.19. The topological polar surface area (TPSA) is 75.6 Å². The fraction of sp³-hybridized carbons (Fsp3) is 0.222. The number of rotatable bonds is 5. The van der Waals surface area contributed by atoms with E-state index in [2.05, 4.69) is 5.32 Å². The number of benzene rings is 2. The number of hydrogen-bond donors (Lipinski definition) is 2. The minimum atomic E-state index is -1.03. The summed E-state index contributed by atoms with van der Waals surface area (Å²) in [7, 11) is 0. The molecule has 0 heterocycles. The molecule has 0 fully saturated rings. The van der Waals surface area contributed by atoms with Crippen LogP contribution in [-0.2, 0) is 16.1 Å². The number of esters is 1. The van der Waals surface area contributed by atoms with E-state index < -0.39 is 18.0 Å². The van der Waals surface area contributed by atoms with Crippen molar-refractivity contribution in [2.24, 2.45) is 0 Å². The number of nitrogens with one attached hydrogen (secondary N) is 1. The number of aryl methyl sites for hydroxylation is 1. The number of halogens is 1. The summed E-state index contributed by atoms with van der Waals surface area (Å²) in [5, 5.41) is 12.4. The van der Waals surface area contributed by atoms with E-state index in [-0.39, 0.29) is 23.7 Å². The Morgan fingerprint density at radius 1 is 1.21 bits per heavy atom. The van der Waals surface area contributed by atoms with Crippen molar-refractivity contribution in [2.75, 3.05) is 0 Å². The monoisotopic (exact) mass is 331 g/mol. The number of ether oxygens (including phenoxy) is 1. The smallest absolute Gasteiger partial charge is 0.342 e. The molecule has 0 bridgehead atoms. The third-order valence-corrected chi connectivity index (χ3v) is 3.41. The number of aromatic hydroxyl groups is 1. The molecule has 2 N–H and O–H groups in total. The average molecular weight is 331 g/mol. The molecule has 24 heavy (non-hydrogen) atoms. The molecular weight excluding hydrogens is 313 g/mol. The summed E-state index contributed by atoms with van der Waals surface area (Å²) < 4.78 is 17.9. The first-order chi connectivity index (χ1) is 11.4. The number of amides is 1. The Hall–Kier alpha value is -2.89. The van der Waals surface area contributed by atoms with Crippen LogP contribution < -0.4 is 5.32 Å². The average Bonchev–Trinajstić information content (AvgIpc) is 2.53. The molecule has 0 radical (unpaired) electrons. The van der Waals surface area contributed by atoms with Gasteiger partial charge < -0.3 is 15.2 Å². The number of carbonyl (C=O) groups is 2. The van der Waals surface area contributed by atoms with E-state index in [1.807, 2.05) is 0 Å². The Balaban J connectivity index is 1.90. The van der Waals surface area contributed by atoms with E-state index in [9.17, 15) is 19.1 Å². The second-order valence-electron chi connectivity index (χ2n) is 5.41. The van der Waals surface area contributed by atoms with Gasteiger partial charge >= 0.3 is 5.97 Å². The van der Waals surface area contributed by atoms with Crippen LogP contribution in [0.2, 0.25) is 0 Å². The zero-order chi connectivity index (χ0) is 17.7. The molecule has 1 amide bonds. The van der Waals surface area contributed by atoms with Gasteiger partial charge in [-0.2, -0.15) is 0 Å². The maximum Gasteiger partial charge on any atom is 0.342 e. The molecule has 6 heteroatoms. The van der Waals surface area contributed by atoms with Gasteiger partial charge in [0.05, 0.1) is 0 Å². The van der Waals surface area contributed by atoms with Gasteiger partial charge in [0, 0.05) is 6.54 Å². The summed E-state index contributed by atoms with van der Waals surface area (Å²) in [5.41, 5.74) is 1.52. The molecule has 5 nitrogen and oxygen atoms in total. The largest absolute Gasteiger partial charge is 0.507 e. The lowest BCUT2D eigenvalue weighted by molar-refractivity contribution is -0.129. The quantitative estimate of drug-likeness (QED) is 0.826. The van der Waals surface area contributed by atoms with E-state index in [0.717, 1.165) is 11.1 Å². The minimum Gasteiger partial charge on any atom is -0.507 e. The molecule has 0 aliphatic carbocycles. The third-order valence-electron chi connectivity index (χ3n) is 3.41. The van der Waals surface area contributed by atoms with Gasteiger partial charge in [0.15, 0.2) is 6.10 Å². The molecular formula is C18H18FNO4. The van der Waals surface area contributed by atoms with Crippen LogP contribution in [-0.4, -0.2) is 23.1 Å². The third kappa shape index (κ3) is 4.55. The summed E-state index contributed by atoms with van der Waals surface area (Å²) in [6, 6.07) is 10.2. The van der Waals surface area contributed by atoms with Gasteiger partial charge in [0.1, 0.15) is 17.1 Å². The van der Waals surface area contributed by atoms with E-state index >= 15 is 0 Å². The maximum absolute atomic E-state index is 12.8. The van der Waals surface area contributed by atoms with Crippen LogP contribution >= 0.6 is 0 Å². The first-order valence-corrected chi connectivity index (χ1v) is 7.39. The Labute approximate surface area is 139 Å². The summed E-state index contributed by atoms with van der Waals surface area (Å²) in [5.74, 6) is -1.82. The highest BCUT2D eigenvalue weighted by Gasteiger charge is 2.20. The molecule has 2 rings (SSSR count). The number of phenolic OH excluding ortho intramolecular Hbond substituents is 1. The minimum absolute atomic E-state index is 0.00113. The Morgan fingerprint density at radius 2 is 1.88 bits per heavy atom. The van der Waals surface area contributed by atoms with Crippen LogP contribution in [0.1, 0.15) is 28.4 Å². The van der Waals surface area contributed by atoms with Crippen molar-refractivity contribution in [3.05, 3.63) is 65.0 Å². The zero-order valence-electron chi connectivity index (χ0n) is 13.4. The Morgan fingerprint density at radius 3 is 2.50 bits per heavy atom. The molecule has 2 aromatic rings. The molecule has 1 atom stereocenters. The molecule has 0 saturated heterocycles. The van der Waals surface area contributed by atoms with Crippen molar-refractivity contribution < 1.29 is 23.8 Å². The molecule has 0 saturated carbocycles. The number of phenols is 1. The lowest BCUT2D eigenvalue weighted by atomic mass is 10.1. The van der Waals surface area contributed by atoms with Gasteiger partial charge in [-0.15, -0.1) is 0 Å². The van der Waals surface area contributed by atoms with E-state index in [4.69, 9.17) is 4.74 Å². The Bertz CT molecular complexity index is 743. The maximum atomic E-state index is 12.8. The van der Waals surface area contributed by atoms with Crippen LogP contribution in [0.5, 0.6) is 5.75 Å². The Kier molecular flexibility index (Phi) is 5.52. The van der Waals surface area contributed by atoms with Crippen molar-refractivity contribution in [3.63, 3.8) is 0 Å². The van der Waals surface area contributed by atoms with E-state index in [0.29, 0.717) is 0 Å². The van der Waals surface area contributed by atoms with Crippen molar-refractivity contribution in [1.29, 1.82) is 0 Å². The van der Waals surface area contributed by atoms with Crippen molar-refractivity contribution in [1.82, 2.24) is 5.32 Å². The van der Waals surface area contributed by atoms with Crippen LogP contribution in [0.4, 0.5) is 4.39 Å². The fourth-order valence-electron chi connectivity index (χ4n) is 2.03. The van der Waals surface area contributed by atoms with Crippen LogP contribution in [0, 0.1) is 12.7 Å². The zero-order valence-corrected chi connectivity index (χ0v) is 13.4. The summed E-state index contributed by atoms with van der Waals surface area (Å²) >= 11 is 0. The number of hydrogen-bond acceptors (Lipinski definition) is 4. The second-order valence-corrected chi connectivity index (χ2v) is 5.41. The van der Waals surface area contributed by atoms with Crippen LogP contribution in [0.3, 0.4) is 0 Å². The van der Waals surface area contributed by atoms with Gasteiger partial charge in [-0.25, -0.2) is 9.18 Å². The van der Waals surface area contributed by atoms with Gasteiger partial charge in [-0.1, -0.05) is 18.2 Å². The molecule has 126 valence electrons. The standard InChI is InChI=1S/C18H18FNO4/c1-11-3-8-15(16(21)9-11)18(23)24-12(2)17(22)20-10-13-4-6-14(19)7-5-13/h3-9,12,21H,10H2,1-2H3,(H,20,22). The highest BCUT2D eigenvalue weighted by atomic mass is 19.1. The second kappa shape index (κ2) is 7.59. The van der Waals surface area contributed by atoms with E-state index in [1.54, 1.807) is 25.1 Å². The van der Waals surface area contributed by atoms with Gasteiger partial charge in [0.25, 0.3) is 5.91 Å².